The van der Waals surface area contributed by atoms with E-state index in [1.54, 1.807) is 66.0 Å². The minimum atomic E-state index is 0.329. The molecule has 1 aromatic heterocycles. The van der Waals surface area contributed by atoms with Crippen LogP contribution in [0.5, 0.6) is 28.7 Å². The number of aromatic nitrogens is 3. The smallest absolute Gasteiger partial charge is 0.216 e. The minimum absolute atomic E-state index is 0.329. The third-order valence-corrected chi connectivity index (χ3v) is 4.60. The molecule has 2 aromatic carbocycles. The molecule has 0 fully saturated rings. The zero-order chi connectivity index (χ0) is 21.7. The van der Waals surface area contributed by atoms with Gasteiger partial charge in [-0.3, -0.25) is 0 Å². The van der Waals surface area contributed by atoms with Crippen LogP contribution >= 0.6 is 12.2 Å². The van der Waals surface area contributed by atoms with Crippen LogP contribution in [-0.2, 0) is 0 Å². The van der Waals surface area contributed by atoms with Crippen LogP contribution in [0.25, 0.3) is 11.4 Å². The lowest BCUT2D eigenvalue weighted by Gasteiger charge is -2.12. The van der Waals surface area contributed by atoms with Gasteiger partial charge in [0.05, 0.1) is 41.8 Å². The third-order valence-electron chi connectivity index (χ3n) is 4.34. The molecular formula is C20H22N4O5S. The van der Waals surface area contributed by atoms with Crippen LogP contribution in [0.1, 0.15) is 5.56 Å². The standard InChI is InChI=1S/C20H22N4O5S/c1-25-14-7-6-12(8-16(14)27-3)19-22-23-20(30)24(19)21-11-13-9-17(28-4)18(29-5)10-15(13)26-2/h6-11H,1-5H3,(H,23,30). The van der Waals surface area contributed by atoms with Gasteiger partial charge in [0.25, 0.3) is 0 Å². The predicted molar refractivity (Wildman–Crippen MR) is 115 cm³/mol. The fourth-order valence-corrected chi connectivity index (χ4v) is 3.01. The summed E-state index contributed by atoms with van der Waals surface area (Å²) in [6.45, 7) is 0. The molecule has 1 N–H and O–H groups in total. The van der Waals surface area contributed by atoms with Gasteiger partial charge in [0.2, 0.25) is 4.77 Å². The number of H-pyrrole nitrogens is 1. The molecule has 3 rings (SSSR count). The molecule has 0 unspecified atom stereocenters. The predicted octanol–water partition coefficient (Wildman–Crippen LogP) is 3.53. The molecule has 1 heterocycles. The number of ether oxygens (including phenoxy) is 5. The van der Waals surface area contributed by atoms with E-state index in [-0.39, 0.29) is 0 Å². The van der Waals surface area contributed by atoms with Crippen LogP contribution < -0.4 is 23.7 Å². The molecule has 0 radical (unpaired) electrons. The van der Waals surface area contributed by atoms with E-state index in [1.165, 1.54) is 4.68 Å². The monoisotopic (exact) mass is 430 g/mol. The second kappa shape index (κ2) is 9.31. The van der Waals surface area contributed by atoms with Gasteiger partial charge < -0.3 is 23.7 Å². The van der Waals surface area contributed by atoms with Gasteiger partial charge in [-0.1, -0.05) is 0 Å². The van der Waals surface area contributed by atoms with Crippen molar-refractivity contribution >= 4 is 18.4 Å². The molecule has 0 aliphatic carbocycles. The van der Waals surface area contributed by atoms with Gasteiger partial charge >= 0.3 is 0 Å². The van der Waals surface area contributed by atoms with E-state index in [2.05, 4.69) is 15.3 Å². The Morgan fingerprint density at radius 3 is 2.07 bits per heavy atom. The Morgan fingerprint density at radius 1 is 0.833 bits per heavy atom. The minimum Gasteiger partial charge on any atom is -0.496 e. The summed E-state index contributed by atoms with van der Waals surface area (Å²) >= 11 is 5.35. The summed E-state index contributed by atoms with van der Waals surface area (Å²) in [4.78, 5) is 0. The molecule has 10 heteroatoms. The van der Waals surface area contributed by atoms with Crippen molar-refractivity contribution in [1.82, 2.24) is 14.9 Å². The maximum atomic E-state index is 5.44. The molecule has 9 nitrogen and oxygen atoms in total. The molecule has 0 aliphatic heterocycles. The Morgan fingerprint density at radius 2 is 1.43 bits per heavy atom. The van der Waals surface area contributed by atoms with Crippen molar-refractivity contribution in [3.05, 3.63) is 40.7 Å². The topological polar surface area (TPSA) is 92.1 Å². The van der Waals surface area contributed by atoms with Crippen LogP contribution in [0.3, 0.4) is 0 Å². The number of nitrogens with one attached hydrogen (secondary N) is 1. The van der Waals surface area contributed by atoms with Crippen LogP contribution in [-0.4, -0.2) is 56.6 Å². The largest absolute Gasteiger partial charge is 0.496 e. The van der Waals surface area contributed by atoms with E-state index in [4.69, 9.17) is 35.9 Å². The fraction of sp³-hybridized carbons (Fsp3) is 0.250. The summed E-state index contributed by atoms with van der Waals surface area (Å²) < 4.78 is 28.6. The first-order valence-corrected chi connectivity index (χ1v) is 9.21. The summed E-state index contributed by atoms with van der Waals surface area (Å²) in [5.74, 6) is 3.37. The lowest BCUT2D eigenvalue weighted by molar-refractivity contribution is 0.349. The fourth-order valence-electron chi connectivity index (χ4n) is 2.83. The normalized spacial score (nSPS) is 10.8. The van der Waals surface area contributed by atoms with Gasteiger partial charge in [0, 0.05) is 17.2 Å². The highest BCUT2D eigenvalue weighted by Gasteiger charge is 2.14. The molecule has 0 spiro atoms. The van der Waals surface area contributed by atoms with Crippen molar-refractivity contribution in [1.29, 1.82) is 0 Å². The third kappa shape index (κ3) is 4.08. The van der Waals surface area contributed by atoms with Gasteiger partial charge in [0.1, 0.15) is 5.75 Å². The highest BCUT2D eigenvalue weighted by Crippen LogP contribution is 2.34. The number of aromatic amines is 1. The number of nitrogens with zero attached hydrogens (tertiary/aromatic N) is 3. The lowest BCUT2D eigenvalue weighted by atomic mass is 10.2. The average molecular weight is 430 g/mol. The first-order valence-electron chi connectivity index (χ1n) is 8.80. The van der Waals surface area contributed by atoms with Crippen LogP contribution in [0.15, 0.2) is 35.4 Å². The van der Waals surface area contributed by atoms with Crippen LogP contribution in [0.2, 0.25) is 0 Å². The summed E-state index contributed by atoms with van der Waals surface area (Å²) in [7, 11) is 7.84. The van der Waals surface area contributed by atoms with Crippen molar-refractivity contribution in [3.63, 3.8) is 0 Å². The van der Waals surface area contributed by atoms with Crippen molar-refractivity contribution < 1.29 is 23.7 Å². The quantitative estimate of drug-likeness (QED) is 0.432. The van der Waals surface area contributed by atoms with E-state index in [0.717, 1.165) is 5.56 Å². The summed E-state index contributed by atoms with van der Waals surface area (Å²) in [6, 6.07) is 8.92. The molecule has 0 aliphatic rings. The van der Waals surface area contributed by atoms with Gasteiger partial charge in [-0.05, 0) is 36.5 Å². The van der Waals surface area contributed by atoms with E-state index < -0.39 is 0 Å². The van der Waals surface area contributed by atoms with E-state index in [1.807, 2.05) is 6.07 Å². The number of methoxy groups -OCH3 is 5. The summed E-state index contributed by atoms with van der Waals surface area (Å²) in [5.41, 5.74) is 1.42. The van der Waals surface area contributed by atoms with E-state index in [9.17, 15) is 0 Å². The molecular weight excluding hydrogens is 408 g/mol. The van der Waals surface area contributed by atoms with Crippen LogP contribution in [0, 0.1) is 4.77 Å². The van der Waals surface area contributed by atoms with Crippen molar-refractivity contribution in [2.75, 3.05) is 35.5 Å². The Hall–Kier alpha value is -3.53. The molecule has 158 valence electrons. The second-order valence-corrected chi connectivity index (χ2v) is 6.31. The maximum absolute atomic E-state index is 5.44. The maximum Gasteiger partial charge on any atom is 0.216 e. The second-order valence-electron chi connectivity index (χ2n) is 5.93. The molecule has 3 aromatic rings. The van der Waals surface area contributed by atoms with Gasteiger partial charge in [-0.2, -0.15) is 14.9 Å². The molecule has 0 amide bonds. The van der Waals surface area contributed by atoms with Crippen molar-refractivity contribution in [3.8, 4) is 40.1 Å². The first-order chi connectivity index (χ1) is 14.6. The lowest BCUT2D eigenvalue weighted by Crippen LogP contribution is -1.99. The number of benzene rings is 2. The molecule has 0 saturated carbocycles. The highest BCUT2D eigenvalue weighted by atomic mass is 32.1. The molecule has 0 atom stereocenters. The van der Waals surface area contributed by atoms with Crippen LogP contribution in [0.4, 0.5) is 0 Å². The molecule has 30 heavy (non-hydrogen) atoms. The Balaban J connectivity index is 2.05. The number of hydrogen-bond donors (Lipinski definition) is 1. The van der Waals surface area contributed by atoms with Gasteiger partial charge in [-0.25, -0.2) is 5.10 Å². The van der Waals surface area contributed by atoms with Gasteiger partial charge in [0.15, 0.2) is 28.8 Å². The van der Waals surface area contributed by atoms with Crippen molar-refractivity contribution in [2.45, 2.75) is 0 Å². The molecule has 0 saturated heterocycles. The van der Waals surface area contributed by atoms with Gasteiger partial charge in [-0.15, -0.1) is 0 Å². The average Bonchev–Trinajstić information content (AvgIpc) is 3.16. The SMILES string of the molecule is COc1cc(OC)c(OC)cc1C=Nn1c(-c2ccc(OC)c(OC)c2)n[nH]c1=S. The number of rotatable bonds is 8. The number of hydrogen-bond acceptors (Lipinski definition) is 8. The zero-order valence-electron chi connectivity index (χ0n) is 17.3. The van der Waals surface area contributed by atoms with E-state index in [0.29, 0.717) is 44.9 Å². The van der Waals surface area contributed by atoms with E-state index >= 15 is 0 Å². The zero-order valence-corrected chi connectivity index (χ0v) is 18.1. The summed E-state index contributed by atoms with van der Waals surface area (Å²) in [6.07, 6.45) is 1.61. The summed E-state index contributed by atoms with van der Waals surface area (Å²) in [5, 5.41) is 11.5. The Labute approximate surface area is 178 Å². The Kier molecular flexibility index (Phi) is 6.58. The highest BCUT2D eigenvalue weighted by molar-refractivity contribution is 7.71. The first kappa shape index (κ1) is 21.2. The van der Waals surface area contributed by atoms with Crippen molar-refractivity contribution in [2.24, 2.45) is 5.10 Å². The Bertz CT molecular complexity index is 1120. The molecule has 0 bridgehead atoms.